The summed E-state index contributed by atoms with van der Waals surface area (Å²) in [7, 11) is 4.15. The molecule has 0 bridgehead atoms. The van der Waals surface area contributed by atoms with Gasteiger partial charge in [-0.05, 0) is 52.6 Å². The fourth-order valence-corrected chi connectivity index (χ4v) is 2.29. The van der Waals surface area contributed by atoms with Crippen LogP contribution in [-0.4, -0.2) is 48.2 Å². The first kappa shape index (κ1) is 14.9. The molecular weight excluding hydrogens is 226 g/mol. The number of pyridine rings is 1. The van der Waals surface area contributed by atoms with Crippen molar-refractivity contribution in [3.05, 3.63) is 23.4 Å². The maximum Gasteiger partial charge on any atom is 0.129 e. The minimum absolute atomic E-state index is 0.0655. The minimum Gasteiger partial charge on any atom is -0.392 e. The minimum atomic E-state index is 0.0655. The van der Waals surface area contributed by atoms with Gasteiger partial charge in [-0.2, -0.15) is 0 Å². The van der Waals surface area contributed by atoms with E-state index in [1.165, 1.54) is 0 Å². The van der Waals surface area contributed by atoms with E-state index >= 15 is 0 Å². The molecule has 0 saturated heterocycles. The van der Waals surface area contributed by atoms with Crippen molar-refractivity contribution in [2.75, 3.05) is 32.1 Å². The van der Waals surface area contributed by atoms with Crippen molar-refractivity contribution >= 4 is 5.82 Å². The van der Waals surface area contributed by atoms with Gasteiger partial charge >= 0.3 is 0 Å². The zero-order valence-corrected chi connectivity index (χ0v) is 12.1. The van der Waals surface area contributed by atoms with Crippen molar-refractivity contribution in [1.82, 2.24) is 9.88 Å². The molecule has 1 unspecified atom stereocenters. The molecule has 0 radical (unpaired) electrons. The van der Waals surface area contributed by atoms with E-state index in [-0.39, 0.29) is 6.61 Å². The lowest BCUT2D eigenvalue weighted by Crippen LogP contribution is -2.40. The highest BCUT2D eigenvalue weighted by Crippen LogP contribution is 2.17. The van der Waals surface area contributed by atoms with Crippen LogP contribution in [0.15, 0.2) is 12.1 Å². The molecule has 4 heteroatoms. The van der Waals surface area contributed by atoms with Gasteiger partial charge in [0.15, 0.2) is 0 Å². The fourth-order valence-electron chi connectivity index (χ4n) is 2.29. The van der Waals surface area contributed by atoms with E-state index in [1.807, 2.05) is 19.1 Å². The molecule has 1 rings (SSSR count). The Labute approximate surface area is 110 Å². The number of aliphatic hydroxyl groups excluding tert-OH is 1. The van der Waals surface area contributed by atoms with Crippen LogP contribution in [0, 0.1) is 6.92 Å². The van der Waals surface area contributed by atoms with Crippen LogP contribution in [0.1, 0.15) is 25.1 Å². The average Bonchev–Trinajstić information content (AvgIpc) is 2.28. The van der Waals surface area contributed by atoms with E-state index < -0.39 is 0 Å². The summed E-state index contributed by atoms with van der Waals surface area (Å²) in [4.78, 5) is 9.02. The van der Waals surface area contributed by atoms with Gasteiger partial charge in [0, 0.05) is 24.8 Å². The summed E-state index contributed by atoms with van der Waals surface area (Å²) in [5.74, 6) is 0.955. The van der Waals surface area contributed by atoms with E-state index in [2.05, 4.69) is 42.7 Å². The van der Waals surface area contributed by atoms with Gasteiger partial charge in [0.25, 0.3) is 0 Å². The molecule has 0 amide bonds. The summed E-state index contributed by atoms with van der Waals surface area (Å²) in [6, 6.07) is 4.29. The molecule has 0 fully saturated rings. The van der Waals surface area contributed by atoms with Crippen molar-refractivity contribution in [3.8, 4) is 0 Å². The third-order valence-electron chi connectivity index (χ3n) is 2.98. The third-order valence-corrected chi connectivity index (χ3v) is 2.98. The lowest BCUT2D eigenvalue weighted by molar-refractivity contribution is 0.281. The van der Waals surface area contributed by atoms with Crippen LogP contribution in [-0.2, 0) is 6.61 Å². The SMILES string of the molecule is CCN(c1cc(CO)cc(C)n1)C(C)CN(C)C. The standard InChI is InChI=1S/C14H25N3O/c1-6-17(12(3)9-16(4)5)14-8-13(10-18)7-11(2)15-14/h7-8,12,18H,6,9-10H2,1-5H3. The lowest BCUT2D eigenvalue weighted by atomic mass is 10.2. The first-order chi connectivity index (χ1) is 8.47. The predicted molar refractivity (Wildman–Crippen MR) is 75.9 cm³/mol. The van der Waals surface area contributed by atoms with Gasteiger partial charge < -0.3 is 14.9 Å². The number of rotatable bonds is 6. The highest BCUT2D eigenvalue weighted by atomic mass is 16.3. The summed E-state index contributed by atoms with van der Waals surface area (Å²) in [5.41, 5.74) is 1.88. The first-order valence-corrected chi connectivity index (χ1v) is 6.47. The summed E-state index contributed by atoms with van der Waals surface area (Å²) in [5, 5.41) is 9.27. The van der Waals surface area contributed by atoms with Gasteiger partial charge in [-0.3, -0.25) is 0 Å². The highest BCUT2D eigenvalue weighted by molar-refractivity contribution is 5.43. The normalized spacial score (nSPS) is 12.8. The highest BCUT2D eigenvalue weighted by Gasteiger charge is 2.15. The van der Waals surface area contributed by atoms with E-state index in [0.717, 1.165) is 30.2 Å². The third kappa shape index (κ3) is 3.96. The maximum absolute atomic E-state index is 9.27. The van der Waals surface area contributed by atoms with Crippen LogP contribution in [0.3, 0.4) is 0 Å². The Kier molecular flexibility index (Phi) is 5.56. The number of hydrogen-bond acceptors (Lipinski definition) is 4. The fraction of sp³-hybridized carbons (Fsp3) is 0.643. The van der Waals surface area contributed by atoms with Crippen LogP contribution in [0.5, 0.6) is 0 Å². The Morgan fingerprint density at radius 1 is 1.33 bits per heavy atom. The largest absolute Gasteiger partial charge is 0.392 e. The summed E-state index contributed by atoms with van der Waals surface area (Å²) < 4.78 is 0. The number of anilines is 1. The molecule has 0 aliphatic carbocycles. The predicted octanol–water partition coefficient (Wildman–Crippen LogP) is 1.66. The number of aryl methyl sites for hydroxylation is 1. The lowest BCUT2D eigenvalue weighted by Gasteiger charge is -2.31. The molecule has 1 aromatic heterocycles. The average molecular weight is 251 g/mol. The monoisotopic (exact) mass is 251 g/mol. The van der Waals surface area contributed by atoms with Gasteiger partial charge in [-0.1, -0.05) is 0 Å². The maximum atomic E-state index is 9.27. The summed E-state index contributed by atoms with van der Waals surface area (Å²) in [6.45, 7) is 8.26. The van der Waals surface area contributed by atoms with E-state index in [9.17, 15) is 5.11 Å². The number of hydrogen-bond donors (Lipinski definition) is 1. The van der Waals surface area contributed by atoms with Gasteiger partial charge in [0.1, 0.15) is 5.82 Å². The molecule has 0 spiro atoms. The van der Waals surface area contributed by atoms with E-state index in [1.54, 1.807) is 0 Å². The van der Waals surface area contributed by atoms with Crippen molar-refractivity contribution in [2.24, 2.45) is 0 Å². The van der Waals surface area contributed by atoms with Crippen LogP contribution in [0.2, 0.25) is 0 Å². The number of aliphatic hydroxyl groups is 1. The summed E-state index contributed by atoms with van der Waals surface area (Å²) >= 11 is 0. The quantitative estimate of drug-likeness (QED) is 0.834. The Morgan fingerprint density at radius 2 is 2.00 bits per heavy atom. The molecule has 1 atom stereocenters. The second kappa shape index (κ2) is 6.71. The van der Waals surface area contributed by atoms with Crippen LogP contribution < -0.4 is 4.90 Å². The number of likely N-dealkylation sites (N-methyl/N-ethyl adjacent to an activating group) is 2. The molecule has 1 N–H and O–H groups in total. The Bertz CT molecular complexity index is 379. The van der Waals surface area contributed by atoms with Crippen molar-refractivity contribution in [2.45, 2.75) is 33.4 Å². The number of nitrogens with zero attached hydrogens (tertiary/aromatic N) is 3. The van der Waals surface area contributed by atoms with Crippen molar-refractivity contribution in [1.29, 1.82) is 0 Å². The van der Waals surface area contributed by atoms with Crippen LogP contribution in [0.25, 0.3) is 0 Å². The summed E-state index contributed by atoms with van der Waals surface area (Å²) in [6.07, 6.45) is 0. The molecule has 0 saturated carbocycles. The molecule has 4 nitrogen and oxygen atoms in total. The first-order valence-electron chi connectivity index (χ1n) is 6.47. The number of aromatic nitrogens is 1. The van der Waals surface area contributed by atoms with Gasteiger partial charge in [-0.15, -0.1) is 0 Å². The molecular formula is C14H25N3O. The molecule has 0 aromatic carbocycles. The zero-order chi connectivity index (χ0) is 13.7. The van der Waals surface area contributed by atoms with Crippen molar-refractivity contribution < 1.29 is 5.11 Å². The van der Waals surface area contributed by atoms with Crippen LogP contribution >= 0.6 is 0 Å². The Morgan fingerprint density at radius 3 is 2.50 bits per heavy atom. The van der Waals surface area contributed by atoms with Gasteiger partial charge in [0.05, 0.1) is 6.61 Å². The molecule has 18 heavy (non-hydrogen) atoms. The smallest absolute Gasteiger partial charge is 0.129 e. The molecule has 1 heterocycles. The Balaban J connectivity index is 2.97. The van der Waals surface area contributed by atoms with E-state index in [0.29, 0.717) is 6.04 Å². The zero-order valence-electron chi connectivity index (χ0n) is 12.1. The van der Waals surface area contributed by atoms with E-state index in [4.69, 9.17) is 0 Å². The van der Waals surface area contributed by atoms with Gasteiger partial charge in [0.2, 0.25) is 0 Å². The van der Waals surface area contributed by atoms with Crippen molar-refractivity contribution in [3.63, 3.8) is 0 Å². The molecule has 102 valence electrons. The second-order valence-corrected chi connectivity index (χ2v) is 5.03. The molecule has 1 aromatic rings. The molecule has 0 aliphatic rings. The van der Waals surface area contributed by atoms with Gasteiger partial charge in [-0.25, -0.2) is 4.98 Å². The molecule has 0 aliphatic heterocycles. The topological polar surface area (TPSA) is 39.6 Å². The Hall–Kier alpha value is -1.13. The van der Waals surface area contributed by atoms with Crippen LogP contribution in [0.4, 0.5) is 5.82 Å². The second-order valence-electron chi connectivity index (χ2n) is 5.03.